The largest absolute Gasteiger partial charge is 0.383 e. The number of hydrogen-bond donors (Lipinski definition) is 1. The predicted octanol–water partition coefficient (Wildman–Crippen LogP) is 3.80. The van der Waals surface area contributed by atoms with Crippen LogP contribution >= 0.6 is 0 Å². The fraction of sp³-hybridized carbons (Fsp3) is 0.0952. The summed E-state index contributed by atoms with van der Waals surface area (Å²) in [6, 6.07) is 22.3. The zero-order valence-electron chi connectivity index (χ0n) is 12.5. The van der Waals surface area contributed by atoms with Crippen LogP contribution in [-0.4, -0.2) is 17.0 Å². The molecule has 112 valence electrons. The molecule has 3 aromatic rings. The van der Waals surface area contributed by atoms with Gasteiger partial charge in [0.05, 0.1) is 5.92 Å². The quantitative estimate of drug-likeness (QED) is 0.588. The molecule has 0 unspecified atom stereocenters. The van der Waals surface area contributed by atoms with Gasteiger partial charge < -0.3 is 5.11 Å². The van der Waals surface area contributed by atoms with Gasteiger partial charge in [0.2, 0.25) is 0 Å². The highest BCUT2D eigenvalue weighted by atomic mass is 16.3. The minimum atomic E-state index is -1.27. The maximum absolute atomic E-state index is 12.8. The van der Waals surface area contributed by atoms with Crippen LogP contribution in [0.1, 0.15) is 21.8 Å². The van der Waals surface area contributed by atoms with E-state index in [1.54, 1.807) is 6.07 Å². The van der Waals surface area contributed by atoms with Crippen molar-refractivity contribution in [1.29, 1.82) is 0 Å². The van der Waals surface area contributed by atoms with Gasteiger partial charge in [0.15, 0.2) is 5.78 Å². The van der Waals surface area contributed by atoms with Gasteiger partial charge in [-0.3, -0.25) is 4.79 Å². The van der Waals surface area contributed by atoms with E-state index in [9.17, 15) is 9.90 Å². The van der Waals surface area contributed by atoms with E-state index in [-0.39, 0.29) is 5.78 Å². The molecule has 0 radical (unpaired) electrons. The summed E-state index contributed by atoms with van der Waals surface area (Å²) in [6.07, 6.45) is 4.30. The van der Waals surface area contributed by atoms with Gasteiger partial charge in [-0.25, -0.2) is 0 Å². The first kappa shape index (κ1) is 15.0. The van der Waals surface area contributed by atoms with Crippen molar-refractivity contribution in [2.24, 2.45) is 0 Å². The van der Waals surface area contributed by atoms with E-state index in [1.165, 1.54) is 0 Å². The molecule has 23 heavy (non-hydrogen) atoms. The summed E-state index contributed by atoms with van der Waals surface area (Å²) in [4.78, 5) is 12.8. The summed E-state index contributed by atoms with van der Waals surface area (Å²) in [5.41, 5.74) is 1.25. The lowest BCUT2D eigenvalue weighted by atomic mass is 9.88. The monoisotopic (exact) mass is 300 g/mol. The molecule has 0 saturated carbocycles. The summed E-state index contributed by atoms with van der Waals surface area (Å²) >= 11 is 0. The van der Waals surface area contributed by atoms with Crippen molar-refractivity contribution < 1.29 is 9.90 Å². The van der Waals surface area contributed by atoms with Gasteiger partial charge in [-0.2, -0.15) is 0 Å². The molecule has 1 N–H and O–H groups in total. The molecule has 0 saturated heterocycles. The lowest BCUT2D eigenvalue weighted by Crippen LogP contribution is -2.27. The third-order valence-electron chi connectivity index (χ3n) is 3.98. The first-order chi connectivity index (χ1) is 11.2. The van der Waals surface area contributed by atoms with Gasteiger partial charge in [0.25, 0.3) is 0 Å². The number of terminal acetylenes is 1. The zero-order valence-corrected chi connectivity index (χ0v) is 12.5. The Kier molecular flexibility index (Phi) is 4.23. The topological polar surface area (TPSA) is 37.3 Å². The number of aliphatic hydroxyl groups excluding tert-OH is 1. The van der Waals surface area contributed by atoms with E-state index in [2.05, 4.69) is 5.92 Å². The number of benzene rings is 3. The third-order valence-corrected chi connectivity index (χ3v) is 3.98. The van der Waals surface area contributed by atoms with E-state index in [1.807, 2.05) is 66.7 Å². The van der Waals surface area contributed by atoms with Crippen LogP contribution in [0.5, 0.6) is 0 Å². The second kappa shape index (κ2) is 6.48. The summed E-state index contributed by atoms with van der Waals surface area (Å²) in [6.45, 7) is 0. The van der Waals surface area contributed by atoms with Crippen LogP contribution in [0, 0.1) is 12.3 Å². The van der Waals surface area contributed by atoms with Gasteiger partial charge in [-0.1, -0.05) is 78.7 Å². The molecule has 0 spiro atoms. The molecule has 0 heterocycles. The maximum atomic E-state index is 12.8. The highest BCUT2D eigenvalue weighted by Gasteiger charge is 2.27. The number of fused-ring (bicyclic) bond motifs is 1. The van der Waals surface area contributed by atoms with Crippen molar-refractivity contribution in [2.45, 2.75) is 12.0 Å². The first-order valence-electron chi connectivity index (χ1n) is 7.43. The van der Waals surface area contributed by atoms with Gasteiger partial charge in [0, 0.05) is 5.56 Å². The van der Waals surface area contributed by atoms with Crippen LogP contribution in [0.4, 0.5) is 0 Å². The summed E-state index contributed by atoms with van der Waals surface area (Å²) < 4.78 is 0. The SMILES string of the molecule is C#C[C@H](c1ccccc1)[C@H](O)C(=O)c1cccc2ccccc12. The second-order valence-electron chi connectivity index (χ2n) is 5.39. The van der Waals surface area contributed by atoms with E-state index < -0.39 is 12.0 Å². The molecule has 3 aromatic carbocycles. The van der Waals surface area contributed by atoms with Crippen molar-refractivity contribution in [3.63, 3.8) is 0 Å². The van der Waals surface area contributed by atoms with E-state index in [0.29, 0.717) is 5.56 Å². The van der Waals surface area contributed by atoms with Gasteiger partial charge in [-0.05, 0) is 16.3 Å². The van der Waals surface area contributed by atoms with Gasteiger partial charge in [-0.15, -0.1) is 6.42 Å². The van der Waals surface area contributed by atoms with Crippen LogP contribution in [0.3, 0.4) is 0 Å². The number of Topliss-reactive ketones (excluding diaryl/α,β-unsaturated/α-hetero) is 1. The summed E-state index contributed by atoms with van der Waals surface area (Å²) in [5, 5.41) is 12.3. The van der Waals surface area contributed by atoms with Gasteiger partial charge >= 0.3 is 0 Å². The molecule has 0 fully saturated rings. The number of carbonyl (C=O) groups excluding carboxylic acids is 1. The fourth-order valence-electron chi connectivity index (χ4n) is 2.78. The van der Waals surface area contributed by atoms with E-state index >= 15 is 0 Å². The molecule has 0 aliphatic heterocycles. The summed E-state index contributed by atoms with van der Waals surface area (Å²) in [5.74, 6) is 1.53. The molecule has 2 atom stereocenters. The van der Waals surface area contributed by atoms with E-state index in [0.717, 1.165) is 16.3 Å². The van der Waals surface area contributed by atoms with Crippen LogP contribution < -0.4 is 0 Å². The molecule has 0 aromatic heterocycles. The normalized spacial score (nSPS) is 13.2. The van der Waals surface area contributed by atoms with Crippen molar-refractivity contribution in [3.8, 4) is 12.3 Å². The third kappa shape index (κ3) is 2.88. The Hall–Kier alpha value is -2.89. The number of ketones is 1. The lowest BCUT2D eigenvalue weighted by molar-refractivity contribution is 0.0727. The molecule has 0 aliphatic carbocycles. The number of hydrogen-bond acceptors (Lipinski definition) is 2. The van der Waals surface area contributed by atoms with Crippen molar-refractivity contribution in [1.82, 2.24) is 0 Å². The molecular formula is C21H16O2. The average Bonchev–Trinajstić information content (AvgIpc) is 2.62. The number of carbonyl (C=O) groups is 1. The number of aliphatic hydroxyl groups is 1. The fourth-order valence-corrected chi connectivity index (χ4v) is 2.78. The number of rotatable bonds is 4. The minimum Gasteiger partial charge on any atom is -0.383 e. The Morgan fingerprint density at radius 3 is 2.30 bits per heavy atom. The van der Waals surface area contributed by atoms with Crippen LogP contribution in [0.25, 0.3) is 10.8 Å². The Morgan fingerprint density at radius 1 is 0.913 bits per heavy atom. The Labute approximate surface area is 135 Å². The summed E-state index contributed by atoms with van der Waals surface area (Å²) in [7, 11) is 0. The van der Waals surface area contributed by atoms with Gasteiger partial charge in [0.1, 0.15) is 6.10 Å². The highest BCUT2D eigenvalue weighted by molar-refractivity contribution is 6.10. The van der Waals surface area contributed by atoms with Crippen LogP contribution in [0.15, 0.2) is 72.8 Å². The molecule has 0 amide bonds. The Morgan fingerprint density at radius 2 is 1.57 bits per heavy atom. The molecular weight excluding hydrogens is 284 g/mol. The lowest BCUT2D eigenvalue weighted by Gasteiger charge is -2.18. The highest BCUT2D eigenvalue weighted by Crippen LogP contribution is 2.25. The van der Waals surface area contributed by atoms with Crippen LogP contribution in [-0.2, 0) is 0 Å². The molecule has 2 heteroatoms. The zero-order chi connectivity index (χ0) is 16.2. The molecule has 0 aliphatic rings. The smallest absolute Gasteiger partial charge is 0.193 e. The van der Waals surface area contributed by atoms with E-state index in [4.69, 9.17) is 6.42 Å². The van der Waals surface area contributed by atoms with Crippen molar-refractivity contribution >= 4 is 16.6 Å². The molecule has 3 rings (SSSR count). The Balaban J connectivity index is 2.00. The van der Waals surface area contributed by atoms with Crippen molar-refractivity contribution in [3.05, 3.63) is 83.9 Å². The first-order valence-corrected chi connectivity index (χ1v) is 7.43. The average molecular weight is 300 g/mol. The predicted molar refractivity (Wildman–Crippen MR) is 92.3 cm³/mol. The minimum absolute atomic E-state index is 0.353. The maximum Gasteiger partial charge on any atom is 0.193 e. The second-order valence-corrected chi connectivity index (χ2v) is 5.39. The standard InChI is InChI=1S/C21H16O2/c1-2-17(15-9-4-3-5-10-15)20(22)21(23)19-14-8-12-16-11-6-7-13-18(16)19/h1,3-14,17,20,22H/t17-,20+/m1/s1. The van der Waals surface area contributed by atoms with Crippen LogP contribution in [0.2, 0.25) is 0 Å². The van der Waals surface area contributed by atoms with Crippen molar-refractivity contribution in [2.75, 3.05) is 0 Å². The molecule has 0 bridgehead atoms. The molecule has 2 nitrogen and oxygen atoms in total. The Bertz CT molecular complexity index is 870.